The summed E-state index contributed by atoms with van der Waals surface area (Å²) in [5.41, 5.74) is 0. The van der Waals surface area contributed by atoms with Crippen LogP contribution in [0.1, 0.15) is 175 Å². The fourth-order valence-electron chi connectivity index (χ4n) is 5.85. The fraction of sp³-hybridized carbons (Fsp3) is 0.900. The largest absolute Gasteiger partial charge is 0.472 e. The molecule has 0 fully saturated rings. The van der Waals surface area contributed by atoms with Gasteiger partial charge in [0.1, 0.15) is 12.7 Å². The predicted octanol–water partition coefficient (Wildman–Crippen LogP) is 8.36. The van der Waals surface area contributed by atoms with Gasteiger partial charge in [-0.3, -0.25) is 23.2 Å². The Hall–Kier alpha value is -1.22. The number of aliphatic hydroxyl groups is 3. The maximum Gasteiger partial charge on any atom is 0.472 e. The van der Waals surface area contributed by atoms with E-state index in [9.17, 15) is 38.9 Å². The molecule has 0 saturated heterocycles. The van der Waals surface area contributed by atoms with Gasteiger partial charge in [0.2, 0.25) is 0 Å². The molecule has 338 valence electrons. The number of ether oxygens (including phenoxy) is 2. The molecule has 0 saturated carbocycles. The number of rotatable bonds is 40. The summed E-state index contributed by atoms with van der Waals surface area (Å²) in [6, 6.07) is 0. The molecule has 15 nitrogen and oxygen atoms in total. The smallest absolute Gasteiger partial charge is 0.462 e. The number of hydrogen-bond acceptors (Lipinski definition) is 12. The average Bonchev–Trinajstić information content (AvgIpc) is 3.15. The second kappa shape index (κ2) is 35.5. The van der Waals surface area contributed by atoms with Crippen molar-refractivity contribution in [1.29, 1.82) is 0 Å². The highest BCUT2D eigenvalue weighted by atomic mass is 31.2. The van der Waals surface area contributed by atoms with Crippen molar-refractivity contribution in [3.8, 4) is 0 Å². The number of aliphatic hydroxyl groups excluding tert-OH is 3. The Morgan fingerprint density at radius 2 is 1.09 bits per heavy atom. The Labute approximate surface area is 342 Å². The van der Waals surface area contributed by atoms with E-state index in [1.807, 2.05) is 6.08 Å². The molecule has 0 spiro atoms. The Balaban J connectivity index is 4.62. The molecule has 57 heavy (non-hydrogen) atoms. The number of allylic oxidation sites excluding steroid dienone is 1. The molecule has 0 aromatic rings. The minimum atomic E-state index is -4.88. The maximum atomic E-state index is 12.6. The molecule has 0 bridgehead atoms. The summed E-state index contributed by atoms with van der Waals surface area (Å²) < 4.78 is 47.6. The van der Waals surface area contributed by atoms with Crippen LogP contribution < -0.4 is 0 Å². The van der Waals surface area contributed by atoms with Crippen LogP contribution in [0, 0.1) is 5.92 Å². The van der Waals surface area contributed by atoms with Gasteiger partial charge < -0.3 is 39.5 Å². The highest BCUT2D eigenvalue weighted by Gasteiger charge is 2.28. The van der Waals surface area contributed by atoms with Gasteiger partial charge in [-0.2, -0.15) is 0 Å². The van der Waals surface area contributed by atoms with Crippen LogP contribution in [-0.2, 0) is 41.8 Å². The van der Waals surface area contributed by atoms with E-state index in [4.69, 9.17) is 23.8 Å². The summed E-state index contributed by atoms with van der Waals surface area (Å²) in [6.45, 7) is 3.82. The van der Waals surface area contributed by atoms with E-state index in [0.717, 1.165) is 76.5 Å². The molecule has 0 aliphatic rings. The average molecular weight is 861 g/mol. The van der Waals surface area contributed by atoms with Crippen molar-refractivity contribution in [2.24, 2.45) is 5.92 Å². The van der Waals surface area contributed by atoms with Gasteiger partial charge in [0, 0.05) is 12.8 Å². The first-order valence-corrected chi connectivity index (χ1v) is 24.4. The Morgan fingerprint density at radius 3 is 1.65 bits per heavy atom. The van der Waals surface area contributed by atoms with Crippen LogP contribution in [0.5, 0.6) is 0 Å². The molecule has 0 aliphatic carbocycles. The van der Waals surface area contributed by atoms with E-state index in [1.165, 1.54) is 44.9 Å². The van der Waals surface area contributed by atoms with Crippen molar-refractivity contribution in [3.63, 3.8) is 0 Å². The van der Waals surface area contributed by atoms with Crippen LogP contribution in [0.15, 0.2) is 12.2 Å². The zero-order valence-corrected chi connectivity index (χ0v) is 36.9. The summed E-state index contributed by atoms with van der Waals surface area (Å²) in [4.78, 5) is 52.6. The quantitative estimate of drug-likeness (QED) is 0.0147. The summed E-state index contributed by atoms with van der Waals surface area (Å²) >= 11 is 0. The van der Waals surface area contributed by atoms with Crippen molar-refractivity contribution in [2.75, 3.05) is 26.4 Å². The highest BCUT2D eigenvalue weighted by molar-refractivity contribution is 7.47. The molecule has 17 heteroatoms. The minimum absolute atomic E-state index is 0.0990. The summed E-state index contributed by atoms with van der Waals surface area (Å²) in [6.07, 6.45) is 21.0. The number of carbonyl (C=O) groups is 2. The summed E-state index contributed by atoms with van der Waals surface area (Å²) in [5.74, 6) is -0.380. The van der Waals surface area contributed by atoms with Crippen molar-refractivity contribution < 1.29 is 71.8 Å². The number of unbranched alkanes of at least 4 members (excludes halogenated alkanes) is 16. The first-order chi connectivity index (χ1) is 27.0. The van der Waals surface area contributed by atoms with Crippen LogP contribution in [0.3, 0.4) is 0 Å². The van der Waals surface area contributed by atoms with Crippen LogP contribution in [-0.4, -0.2) is 92.8 Å². The van der Waals surface area contributed by atoms with Gasteiger partial charge >= 0.3 is 27.6 Å². The van der Waals surface area contributed by atoms with Crippen molar-refractivity contribution in [1.82, 2.24) is 0 Å². The molecule has 1 unspecified atom stereocenters. The molecular formula is C40H78O15P2. The van der Waals surface area contributed by atoms with Crippen molar-refractivity contribution in [2.45, 2.75) is 199 Å². The van der Waals surface area contributed by atoms with Gasteiger partial charge in [-0.05, 0) is 44.4 Å². The first kappa shape index (κ1) is 55.8. The van der Waals surface area contributed by atoms with Gasteiger partial charge in [-0.25, -0.2) is 9.13 Å². The molecule has 5 atom stereocenters. The second-order valence-corrected chi connectivity index (χ2v) is 18.1. The monoisotopic (exact) mass is 860 g/mol. The molecule has 6 N–H and O–H groups in total. The number of phosphoric acid groups is 2. The molecular weight excluding hydrogens is 782 g/mol. The molecule has 0 rings (SSSR count). The van der Waals surface area contributed by atoms with E-state index >= 15 is 0 Å². The van der Waals surface area contributed by atoms with Crippen molar-refractivity contribution >= 4 is 27.6 Å². The summed E-state index contributed by atoms with van der Waals surface area (Å²) in [5, 5.41) is 30.1. The molecule has 0 aromatic heterocycles. The molecule has 0 aromatic carbocycles. The van der Waals surface area contributed by atoms with E-state index < -0.39 is 78.4 Å². The lowest BCUT2D eigenvalue weighted by Gasteiger charge is -2.20. The number of esters is 2. The number of carbonyl (C=O) groups excluding carboxylic acids is 2. The number of hydrogen-bond donors (Lipinski definition) is 6. The molecule has 0 amide bonds. The topological polar surface area (TPSA) is 236 Å². The second-order valence-electron chi connectivity index (χ2n) is 15.4. The van der Waals surface area contributed by atoms with E-state index in [1.54, 1.807) is 0 Å². The van der Waals surface area contributed by atoms with Crippen LogP contribution in [0.25, 0.3) is 0 Å². The van der Waals surface area contributed by atoms with Gasteiger partial charge in [0.05, 0.1) is 32.0 Å². The van der Waals surface area contributed by atoms with Crippen molar-refractivity contribution in [3.05, 3.63) is 12.2 Å². The SMILES string of the molecule is CCCCC/C=C\C[C@@H](O)[C@H](O)CCCCCCCC(=O)OC[C@H](COP(=O)(O)OC[C@@H](O)COP(=O)(O)O)OC(=O)CCCCCCCCCCCCC(C)C. The lowest BCUT2D eigenvalue weighted by Crippen LogP contribution is -2.30. The zero-order chi connectivity index (χ0) is 42.8. The van der Waals surface area contributed by atoms with Gasteiger partial charge in [-0.1, -0.05) is 136 Å². The third-order valence-electron chi connectivity index (χ3n) is 9.27. The summed E-state index contributed by atoms with van der Waals surface area (Å²) in [7, 11) is -9.71. The Bertz CT molecular complexity index is 1120. The molecule has 0 radical (unpaired) electrons. The zero-order valence-electron chi connectivity index (χ0n) is 35.1. The lowest BCUT2D eigenvalue weighted by atomic mass is 10.0. The molecule has 0 heterocycles. The Kier molecular flexibility index (Phi) is 34.8. The van der Waals surface area contributed by atoms with Gasteiger partial charge in [0.15, 0.2) is 6.10 Å². The maximum absolute atomic E-state index is 12.6. The predicted molar refractivity (Wildman–Crippen MR) is 219 cm³/mol. The molecule has 0 aliphatic heterocycles. The fourth-order valence-corrected chi connectivity index (χ4v) is 7.01. The lowest BCUT2D eigenvalue weighted by molar-refractivity contribution is -0.161. The van der Waals surface area contributed by atoms with E-state index in [-0.39, 0.29) is 12.8 Å². The normalized spacial score (nSPS) is 15.4. The number of phosphoric ester groups is 2. The van der Waals surface area contributed by atoms with Crippen LogP contribution in [0.2, 0.25) is 0 Å². The first-order valence-electron chi connectivity index (χ1n) is 21.4. The minimum Gasteiger partial charge on any atom is -0.462 e. The van der Waals surface area contributed by atoms with E-state index in [2.05, 4.69) is 35.9 Å². The standard InChI is InChI=1S/C40H78O15P2/c1-4-5-6-7-16-21-26-37(42)38(43)27-22-17-14-19-23-28-39(44)51-32-36(33-54-57(49,50)53-31-35(41)30-52-56(46,47)48)55-40(45)29-24-18-13-11-9-8-10-12-15-20-25-34(2)3/h16,21,34-38,41-43H,4-15,17-20,22-33H2,1-3H3,(H,49,50)(H2,46,47,48)/b21-16-/t35-,36+,37+,38+/m0/s1. The van der Waals surface area contributed by atoms with Crippen LogP contribution >= 0.6 is 15.6 Å². The highest BCUT2D eigenvalue weighted by Crippen LogP contribution is 2.43. The third-order valence-corrected chi connectivity index (χ3v) is 10.7. The van der Waals surface area contributed by atoms with E-state index in [0.29, 0.717) is 25.7 Å². The van der Waals surface area contributed by atoms with Crippen LogP contribution in [0.4, 0.5) is 0 Å². The van der Waals surface area contributed by atoms with Gasteiger partial charge in [-0.15, -0.1) is 0 Å². The third kappa shape index (κ3) is 38.7. The Morgan fingerprint density at radius 1 is 0.579 bits per heavy atom. The van der Waals surface area contributed by atoms with Gasteiger partial charge in [0.25, 0.3) is 0 Å².